The van der Waals surface area contributed by atoms with Crippen molar-refractivity contribution in [1.29, 1.82) is 0 Å². The van der Waals surface area contributed by atoms with E-state index in [4.69, 9.17) is 5.73 Å². The average Bonchev–Trinajstić information content (AvgIpc) is 2.19. The first-order valence-corrected chi connectivity index (χ1v) is 4.76. The van der Waals surface area contributed by atoms with Crippen LogP contribution in [0.1, 0.15) is 38.3 Å². The predicted octanol–water partition coefficient (Wildman–Crippen LogP) is 1.91. The minimum atomic E-state index is 0.102. The highest BCUT2D eigenvalue weighted by atomic mass is 15.1. The Morgan fingerprint density at radius 2 is 2.23 bits per heavy atom. The SMILES string of the molecule is CCC(C)CC(N)c1ccnnc1. The highest BCUT2D eigenvalue weighted by molar-refractivity contribution is 5.10. The molecule has 3 heteroatoms. The van der Waals surface area contributed by atoms with Crippen molar-refractivity contribution in [2.75, 3.05) is 0 Å². The van der Waals surface area contributed by atoms with Gasteiger partial charge in [0.05, 0.1) is 6.20 Å². The largest absolute Gasteiger partial charge is 0.324 e. The average molecular weight is 179 g/mol. The summed E-state index contributed by atoms with van der Waals surface area (Å²) in [5.74, 6) is 0.670. The summed E-state index contributed by atoms with van der Waals surface area (Å²) in [6, 6.07) is 2.03. The van der Waals surface area contributed by atoms with Gasteiger partial charge in [-0.05, 0) is 24.0 Å². The molecule has 0 aromatic carbocycles. The highest BCUT2D eigenvalue weighted by Gasteiger charge is 2.09. The van der Waals surface area contributed by atoms with Crippen LogP contribution in [-0.4, -0.2) is 10.2 Å². The molecule has 1 rings (SSSR count). The lowest BCUT2D eigenvalue weighted by molar-refractivity contribution is 0.460. The Labute approximate surface area is 79.4 Å². The fourth-order valence-electron chi connectivity index (χ4n) is 1.26. The summed E-state index contributed by atoms with van der Waals surface area (Å²) in [4.78, 5) is 0. The molecular formula is C10H17N3. The third-order valence-electron chi connectivity index (χ3n) is 2.39. The summed E-state index contributed by atoms with van der Waals surface area (Å²) in [5, 5.41) is 7.53. The van der Waals surface area contributed by atoms with Crippen molar-refractivity contribution < 1.29 is 0 Å². The summed E-state index contributed by atoms with van der Waals surface area (Å²) >= 11 is 0. The van der Waals surface area contributed by atoms with Crippen LogP contribution in [0.5, 0.6) is 0 Å². The predicted molar refractivity (Wildman–Crippen MR) is 53.0 cm³/mol. The van der Waals surface area contributed by atoms with Crippen LogP contribution in [0.25, 0.3) is 0 Å². The van der Waals surface area contributed by atoms with Gasteiger partial charge in [0.25, 0.3) is 0 Å². The van der Waals surface area contributed by atoms with Crippen LogP contribution in [0.3, 0.4) is 0 Å². The van der Waals surface area contributed by atoms with E-state index in [0.29, 0.717) is 5.92 Å². The van der Waals surface area contributed by atoms with E-state index < -0.39 is 0 Å². The molecule has 13 heavy (non-hydrogen) atoms. The second-order valence-electron chi connectivity index (χ2n) is 3.53. The van der Waals surface area contributed by atoms with Crippen molar-refractivity contribution in [3.63, 3.8) is 0 Å². The summed E-state index contributed by atoms with van der Waals surface area (Å²) < 4.78 is 0. The molecule has 0 fully saturated rings. The van der Waals surface area contributed by atoms with Crippen LogP contribution in [0.2, 0.25) is 0 Å². The monoisotopic (exact) mass is 179 g/mol. The highest BCUT2D eigenvalue weighted by Crippen LogP contribution is 2.19. The lowest BCUT2D eigenvalue weighted by Crippen LogP contribution is -2.14. The van der Waals surface area contributed by atoms with Gasteiger partial charge in [-0.25, -0.2) is 0 Å². The van der Waals surface area contributed by atoms with Crippen molar-refractivity contribution in [2.24, 2.45) is 11.7 Å². The van der Waals surface area contributed by atoms with Gasteiger partial charge in [0.15, 0.2) is 0 Å². The van der Waals surface area contributed by atoms with Crippen LogP contribution in [0.15, 0.2) is 18.5 Å². The minimum Gasteiger partial charge on any atom is -0.324 e. The molecule has 0 amide bonds. The van der Waals surface area contributed by atoms with Crippen LogP contribution in [0.4, 0.5) is 0 Å². The van der Waals surface area contributed by atoms with E-state index in [0.717, 1.165) is 12.0 Å². The second-order valence-corrected chi connectivity index (χ2v) is 3.53. The van der Waals surface area contributed by atoms with Crippen molar-refractivity contribution in [1.82, 2.24) is 10.2 Å². The Morgan fingerprint density at radius 3 is 2.77 bits per heavy atom. The maximum Gasteiger partial charge on any atom is 0.0543 e. The number of hydrogen-bond acceptors (Lipinski definition) is 3. The van der Waals surface area contributed by atoms with E-state index in [1.54, 1.807) is 12.4 Å². The van der Waals surface area contributed by atoms with Crippen molar-refractivity contribution in [2.45, 2.75) is 32.7 Å². The van der Waals surface area contributed by atoms with Gasteiger partial charge in [0.2, 0.25) is 0 Å². The fraction of sp³-hybridized carbons (Fsp3) is 0.600. The van der Waals surface area contributed by atoms with Crippen LogP contribution >= 0.6 is 0 Å². The minimum absolute atomic E-state index is 0.102. The molecule has 0 aliphatic heterocycles. The first-order valence-electron chi connectivity index (χ1n) is 4.76. The van der Waals surface area contributed by atoms with Gasteiger partial charge in [0.1, 0.15) is 0 Å². The molecule has 0 spiro atoms. The van der Waals surface area contributed by atoms with Crippen LogP contribution < -0.4 is 5.73 Å². The van der Waals surface area contributed by atoms with E-state index in [2.05, 4.69) is 24.0 Å². The molecule has 1 aromatic heterocycles. The second kappa shape index (κ2) is 4.92. The summed E-state index contributed by atoms with van der Waals surface area (Å²) in [7, 11) is 0. The third kappa shape index (κ3) is 3.11. The number of aromatic nitrogens is 2. The normalized spacial score (nSPS) is 15.3. The molecule has 2 N–H and O–H groups in total. The molecule has 0 saturated carbocycles. The zero-order chi connectivity index (χ0) is 9.68. The molecule has 3 nitrogen and oxygen atoms in total. The Kier molecular flexibility index (Phi) is 3.83. The van der Waals surface area contributed by atoms with Gasteiger partial charge in [-0.1, -0.05) is 20.3 Å². The standard InChI is InChI=1S/C10H17N3/c1-3-8(2)6-10(11)9-4-5-12-13-7-9/h4-5,7-8,10H,3,6,11H2,1-2H3. The molecule has 0 radical (unpaired) electrons. The molecule has 1 aromatic rings. The smallest absolute Gasteiger partial charge is 0.0543 e. The van der Waals surface area contributed by atoms with Crippen LogP contribution in [0, 0.1) is 5.92 Å². The van der Waals surface area contributed by atoms with Crippen molar-refractivity contribution in [3.05, 3.63) is 24.0 Å². The molecule has 0 saturated heterocycles. The Hall–Kier alpha value is -0.960. The van der Waals surface area contributed by atoms with Gasteiger partial charge < -0.3 is 5.73 Å². The summed E-state index contributed by atoms with van der Waals surface area (Å²) in [5.41, 5.74) is 7.08. The maximum absolute atomic E-state index is 6.00. The maximum atomic E-state index is 6.00. The summed E-state index contributed by atoms with van der Waals surface area (Å²) in [6.07, 6.45) is 5.62. The zero-order valence-electron chi connectivity index (χ0n) is 8.27. The van der Waals surface area contributed by atoms with Gasteiger partial charge in [-0.2, -0.15) is 10.2 Å². The topological polar surface area (TPSA) is 51.8 Å². The first kappa shape index (κ1) is 10.1. The molecule has 0 bridgehead atoms. The fourth-order valence-corrected chi connectivity index (χ4v) is 1.26. The lowest BCUT2D eigenvalue weighted by atomic mass is 9.96. The Bertz CT molecular complexity index is 235. The van der Waals surface area contributed by atoms with Gasteiger partial charge >= 0.3 is 0 Å². The molecule has 1 heterocycles. The molecule has 72 valence electrons. The number of rotatable bonds is 4. The molecule has 0 aliphatic carbocycles. The first-order chi connectivity index (χ1) is 6.24. The molecule has 0 aliphatic rings. The number of nitrogens with two attached hydrogens (primary N) is 1. The zero-order valence-corrected chi connectivity index (χ0v) is 8.27. The van der Waals surface area contributed by atoms with E-state index >= 15 is 0 Å². The molecular weight excluding hydrogens is 162 g/mol. The Balaban J connectivity index is 2.53. The van der Waals surface area contributed by atoms with Gasteiger partial charge in [-0.15, -0.1) is 0 Å². The van der Waals surface area contributed by atoms with Crippen LogP contribution in [-0.2, 0) is 0 Å². The van der Waals surface area contributed by atoms with E-state index in [1.165, 1.54) is 6.42 Å². The van der Waals surface area contributed by atoms with Crippen molar-refractivity contribution in [3.8, 4) is 0 Å². The quantitative estimate of drug-likeness (QED) is 0.768. The van der Waals surface area contributed by atoms with E-state index in [1.807, 2.05) is 6.07 Å². The summed E-state index contributed by atoms with van der Waals surface area (Å²) in [6.45, 7) is 4.40. The van der Waals surface area contributed by atoms with Gasteiger partial charge in [-0.3, -0.25) is 0 Å². The van der Waals surface area contributed by atoms with Crippen molar-refractivity contribution >= 4 is 0 Å². The van der Waals surface area contributed by atoms with Gasteiger partial charge in [0, 0.05) is 12.2 Å². The number of nitrogens with zero attached hydrogens (tertiary/aromatic N) is 2. The Morgan fingerprint density at radius 1 is 1.46 bits per heavy atom. The third-order valence-corrected chi connectivity index (χ3v) is 2.39. The molecule has 2 atom stereocenters. The number of hydrogen-bond donors (Lipinski definition) is 1. The van der Waals surface area contributed by atoms with E-state index in [-0.39, 0.29) is 6.04 Å². The lowest BCUT2D eigenvalue weighted by Gasteiger charge is -2.15. The van der Waals surface area contributed by atoms with E-state index in [9.17, 15) is 0 Å². The molecule has 2 unspecified atom stereocenters.